The molecule has 0 aromatic heterocycles. The topological polar surface area (TPSA) is 195 Å². The average molecular weight is 900 g/mol. The molecule has 0 radical (unpaired) electrons. The van der Waals surface area contributed by atoms with Crippen molar-refractivity contribution in [3.8, 4) is 0 Å². The molecule has 3 heterocycles. The molecule has 1 saturated carbocycles. The molecule has 2 saturated heterocycles. The molecule has 4 aliphatic rings. The highest BCUT2D eigenvalue weighted by molar-refractivity contribution is 6.39. The van der Waals surface area contributed by atoms with Gasteiger partial charge in [-0.15, -0.1) is 0 Å². The Labute approximate surface area is 380 Å². The Hall–Kier alpha value is -3.37. The van der Waals surface area contributed by atoms with E-state index in [0.717, 1.165) is 16.9 Å². The van der Waals surface area contributed by atoms with Crippen molar-refractivity contribution >= 4 is 29.2 Å². The van der Waals surface area contributed by atoms with Crippen molar-refractivity contribution in [2.45, 2.75) is 174 Å². The summed E-state index contributed by atoms with van der Waals surface area (Å²) in [6.45, 7) is 12.7. The minimum absolute atomic E-state index is 0.0199. The molecule has 4 rings (SSSR count). The highest BCUT2D eigenvalue weighted by Crippen LogP contribution is 2.38. The van der Waals surface area contributed by atoms with E-state index in [-0.39, 0.29) is 54.8 Å². The summed E-state index contributed by atoms with van der Waals surface area (Å²) in [6.07, 6.45) is 10.5. The first kappa shape index (κ1) is 53.2. The molecule has 2 bridgehead atoms. The molecule has 3 fully saturated rings. The molecule has 3 aliphatic heterocycles. The number of amides is 1. The summed E-state index contributed by atoms with van der Waals surface area (Å²) in [4.78, 5) is 71.2. The van der Waals surface area contributed by atoms with Gasteiger partial charge in [0.05, 0.1) is 24.4 Å². The van der Waals surface area contributed by atoms with Crippen molar-refractivity contribution < 1.29 is 63.0 Å². The molecule has 14 nitrogen and oxygen atoms in total. The molecule has 1 aliphatic carbocycles. The Morgan fingerprint density at radius 2 is 1.58 bits per heavy atom. The number of hydrogen-bond acceptors (Lipinski definition) is 13. The number of carbonyl (C=O) groups excluding carboxylic acids is 5. The fraction of sp³-hybridized carbons (Fsp3) is 0.740. The largest absolute Gasteiger partial charge is 0.460 e. The van der Waals surface area contributed by atoms with Crippen LogP contribution in [0.3, 0.4) is 0 Å². The summed E-state index contributed by atoms with van der Waals surface area (Å²) in [5.74, 6) is -7.97. The number of methoxy groups -OCH3 is 3. The van der Waals surface area contributed by atoms with Crippen LogP contribution < -0.4 is 0 Å². The number of Topliss-reactive ketones (excluding diaryl/α,β-unsaturated/α-hetero) is 3. The van der Waals surface area contributed by atoms with E-state index in [9.17, 15) is 39.3 Å². The standard InChI is InChI=1S/C50H77NO13/c1-29-15-12-11-13-16-30(2)41(60-8)27-37-20-18-35(7)50(59,64-37)47(56)48(57)51-22-14-17-38(51)49(58)63-42(32(4)25-36-19-21-39(52)43(26-36)61-9)28-40(53)31(3)24-34(6)45(55)46(62-10)44(54)33(5)23-29/h11-13,15-16,24,29,31-33,35-39,41-43,45-46,52,55,59H,14,17-23,25-28H2,1-10H3/b13-11+,15-12?,30-16+,34-24?/t29-,31-,32-,33-,35-,36+,37+,38+,39-,41+,42+,43-,45-,46+,50-/m1/s1. The smallest absolute Gasteiger partial charge is 0.329 e. The molecule has 64 heavy (non-hydrogen) atoms. The van der Waals surface area contributed by atoms with Gasteiger partial charge in [0.25, 0.3) is 11.7 Å². The van der Waals surface area contributed by atoms with Gasteiger partial charge in [0.1, 0.15) is 30.1 Å². The summed E-state index contributed by atoms with van der Waals surface area (Å²) in [7, 11) is 4.51. The van der Waals surface area contributed by atoms with Gasteiger partial charge in [-0.25, -0.2) is 4.79 Å². The molecule has 0 aromatic carbocycles. The second kappa shape index (κ2) is 24.4. The SMILES string of the molecule is CO[C@H]1C[C@@H]2CC[C@@H](C)[C@@](O)(O2)C(=O)C(=O)N2CCC[C@H]2C(=O)O[C@H]([C@H](C)C[C@@H]2CC[C@@H](O)[C@H](OC)C2)CC(=O)[C@H](C)C=C(C)[C@@H](O)[C@@H](OC)C(=O)[C@H](C)C[C@H](C)C=C/C=C/C=C/1C. The number of aliphatic hydroxyl groups is 3. The Morgan fingerprint density at radius 3 is 2.25 bits per heavy atom. The minimum Gasteiger partial charge on any atom is -0.460 e. The quantitative estimate of drug-likeness (QED) is 0.165. The van der Waals surface area contributed by atoms with Gasteiger partial charge in [-0.1, -0.05) is 71.1 Å². The zero-order valence-electron chi connectivity index (χ0n) is 39.9. The Balaban J connectivity index is 1.68. The molecule has 15 atom stereocenters. The van der Waals surface area contributed by atoms with E-state index in [1.54, 1.807) is 41.1 Å². The normalized spacial score (nSPS) is 39.4. The Kier molecular flexibility index (Phi) is 20.3. The first-order valence-electron chi connectivity index (χ1n) is 23.4. The molecule has 0 spiro atoms. The monoisotopic (exact) mass is 900 g/mol. The van der Waals surface area contributed by atoms with Crippen LogP contribution in [0.5, 0.6) is 0 Å². The number of ether oxygens (including phenoxy) is 5. The first-order valence-corrected chi connectivity index (χ1v) is 23.4. The molecule has 3 N–H and O–H groups in total. The number of ketones is 3. The number of cyclic esters (lactones) is 1. The molecule has 14 heteroatoms. The fourth-order valence-corrected chi connectivity index (χ4v) is 9.95. The van der Waals surface area contributed by atoms with E-state index < -0.39 is 83.9 Å². The second-order valence-electron chi connectivity index (χ2n) is 19.2. The lowest BCUT2D eigenvalue weighted by molar-refractivity contribution is -0.265. The van der Waals surface area contributed by atoms with E-state index in [1.807, 2.05) is 58.1 Å². The summed E-state index contributed by atoms with van der Waals surface area (Å²) in [6, 6.07) is -1.13. The van der Waals surface area contributed by atoms with E-state index in [0.29, 0.717) is 56.9 Å². The summed E-state index contributed by atoms with van der Waals surface area (Å²) >= 11 is 0. The molecular formula is C50H77NO13. The number of rotatable bonds is 6. The lowest BCUT2D eigenvalue weighted by Crippen LogP contribution is -2.59. The number of hydrogen-bond donors (Lipinski definition) is 3. The minimum atomic E-state index is -2.42. The number of allylic oxidation sites excluding steroid dienone is 6. The van der Waals surface area contributed by atoms with Gasteiger partial charge in [0, 0.05) is 58.5 Å². The van der Waals surface area contributed by atoms with Crippen molar-refractivity contribution in [1.29, 1.82) is 0 Å². The molecule has 0 aromatic rings. The highest BCUT2D eigenvalue weighted by Gasteiger charge is 2.53. The maximum atomic E-state index is 14.2. The van der Waals surface area contributed by atoms with Crippen molar-refractivity contribution in [3.63, 3.8) is 0 Å². The van der Waals surface area contributed by atoms with E-state index in [1.165, 1.54) is 7.11 Å². The van der Waals surface area contributed by atoms with Crippen LogP contribution in [0.25, 0.3) is 0 Å². The third-order valence-corrected chi connectivity index (χ3v) is 14.2. The number of esters is 1. The van der Waals surface area contributed by atoms with E-state index in [4.69, 9.17) is 23.7 Å². The third kappa shape index (κ3) is 13.6. The zero-order chi connectivity index (χ0) is 47.5. The van der Waals surface area contributed by atoms with Crippen LogP contribution in [0.15, 0.2) is 47.6 Å². The third-order valence-electron chi connectivity index (χ3n) is 14.2. The van der Waals surface area contributed by atoms with Gasteiger partial charge in [0.15, 0.2) is 5.78 Å². The number of carbonyl (C=O) groups is 5. The van der Waals surface area contributed by atoms with Crippen molar-refractivity contribution in [2.24, 2.45) is 35.5 Å². The van der Waals surface area contributed by atoms with Gasteiger partial charge in [-0.2, -0.15) is 0 Å². The number of fused-ring (bicyclic) bond motifs is 3. The van der Waals surface area contributed by atoms with Crippen molar-refractivity contribution in [1.82, 2.24) is 4.90 Å². The van der Waals surface area contributed by atoms with Crippen LogP contribution in [0, 0.1) is 35.5 Å². The fourth-order valence-electron chi connectivity index (χ4n) is 9.95. The average Bonchev–Trinajstić information content (AvgIpc) is 3.76. The van der Waals surface area contributed by atoms with Gasteiger partial charge in [0.2, 0.25) is 5.79 Å². The summed E-state index contributed by atoms with van der Waals surface area (Å²) < 4.78 is 29.2. The van der Waals surface area contributed by atoms with Crippen molar-refractivity contribution in [3.05, 3.63) is 47.6 Å². The van der Waals surface area contributed by atoms with Crippen LogP contribution in [0.4, 0.5) is 0 Å². The first-order chi connectivity index (χ1) is 30.2. The number of aliphatic hydroxyl groups excluding tert-OH is 2. The maximum absolute atomic E-state index is 14.2. The molecule has 0 unspecified atom stereocenters. The maximum Gasteiger partial charge on any atom is 0.329 e. The lowest BCUT2D eigenvalue weighted by Gasteiger charge is -2.41. The van der Waals surface area contributed by atoms with Gasteiger partial charge < -0.3 is 43.9 Å². The van der Waals surface area contributed by atoms with Crippen molar-refractivity contribution in [2.75, 3.05) is 27.9 Å². The number of nitrogens with zero attached hydrogens (tertiary/aromatic N) is 1. The van der Waals surface area contributed by atoms with Crippen LogP contribution in [-0.4, -0.2) is 132 Å². The highest BCUT2D eigenvalue weighted by atomic mass is 16.6. The van der Waals surface area contributed by atoms with E-state index in [2.05, 4.69) is 0 Å². The summed E-state index contributed by atoms with van der Waals surface area (Å²) in [5, 5.41) is 33.7. The van der Waals surface area contributed by atoms with Crippen LogP contribution in [-0.2, 0) is 47.7 Å². The molecular weight excluding hydrogens is 823 g/mol. The van der Waals surface area contributed by atoms with Crippen LogP contribution in [0.1, 0.15) is 119 Å². The van der Waals surface area contributed by atoms with Crippen LogP contribution in [0.2, 0.25) is 0 Å². The van der Waals surface area contributed by atoms with E-state index >= 15 is 0 Å². The zero-order valence-corrected chi connectivity index (χ0v) is 39.9. The van der Waals surface area contributed by atoms with Crippen LogP contribution >= 0.6 is 0 Å². The molecule has 360 valence electrons. The predicted octanol–water partition coefficient (Wildman–Crippen LogP) is 5.79. The Morgan fingerprint density at radius 1 is 0.859 bits per heavy atom. The summed E-state index contributed by atoms with van der Waals surface area (Å²) in [5.41, 5.74) is 1.26. The second-order valence-corrected chi connectivity index (χ2v) is 19.2. The van der Waals surface area contributed by atoms with Gasteiger partial charge in [-0.3, -0.25) is 19.2 Å². The lowest BCUT2D eigenvalue weighted by atomic mass is 9.78. The Bertz CT molecular complexity index is 1740. The van der Waals surface area contributed by atoms with Gasteiger partial charge in [-0.05, 0) is 101 Å². The predicted molar refractivity (Wildman–Crippen MR) is 241 cm³/mol. The van der Waals surface area contributed by atoms with Gasteiger partial charge >= 0.3 is 5.97 Å². The molecule has 1 amide bonds.